The molecule has 1 fully saturated rings. The lowest BCUT2D eigenvalue weighted by Gasteiger charge is -2.31. The van der Waals surface area contributed by atoms with Crippen molar-refractivity contribution in [2.24, 2.45) is 5.92 Å². The van der Waals surface area contributed by atoms with Crippen LogP contribution >= 0.6 is 0 Å². The molecule has 144 valence electrons. The highest BCUT2D eigenvalue weighted by molar-refractivity contribution is 5.92. The summed E-state index contributed by atoms with van der Waals surface area (Å²) in [5, 5.41) is 6.44. The van der Waals surface area contributed by atoms with Crippen LogP contribution in [0.5, 0.6) is 0 Å². The van der Waals surface area contributed by atoms with Crippen LogP contribution in [0.25, 0.3) is 11.0 Å². The lowest BCUT2D eigenvalue weighted by molar-refractivity contribution is -0.126. The second-order valence-corrected chi connectivity index (χ2v) is 6.93. The molecule has 1 aliphatic heterocycles. The van der Waals surface area contributed by atoms with E-state index in [0.717, 1.165) is 36.9 Å². The Hall–Kier alpha value is -2.67. The van der Waals surface area contributed by atoms with Gasteiger partial charge in [-0.25, -0.2) is 4.79 Å². The Morgan fingerprint density at radius 3 is 2.63 bits per heavy atom. The predicted octanol–water partition coefficient (Wildman–Crippen LogP) is 2.10. The fraction of sp³-hybridized carbons (Fsp3) is 0.450. The first-order valence-corrected chi connectivity index (χ1v) is 9.30. The number of nitrogens with one attached hydrogen (secondary N) is 2. The van der Waals surface area contributed by atoms with E-state index in [0.29, 0.717) is 24.4 Å². The molecule has 1 aliphatic rings. The van der Waals surface area contributed by atoms with Crippen molar-refractivity contribution >= 4 is 28.5 Å². The van der Waals surface area contributed by atoms with Crippen molar-refractivity contribution in [1.82, 2.24) is 10.2 Å². The van der Waals surface area contributed by atoms with Crippen LogP contribution in [0.2, 0.25) is 0 Å². The summed E-state index contributed by atoms with van der Waals surface area (Å²) in [6.45, 7) is 6.27. The minimum Gasteiger partial charge on any atom is -0.423 e. The summed E-state index contributed by atoms with van der Waals surface area (Å²) in [6.07, 6.45) is 1.63. The van der Waals surface area contributed by atoms with E-state index in [9.17, 15) is 14.4 Å². The summed E-state index contributed by atoms with van der Waals surface area (Å²) in [5.41, 5.74) is 1.54. The number of amides is 2. The van der Waals surface area contributed by atoms with Crippen molar-refractivity contribution in [2.45, 2.75) is 33.2 Å². The first-order chi connectivity index (χ1) is 13.0. The summed E-state index contributed by atoms with van der Waals surface area (Å²) < 4.78 is 5.31. The van der Waals surface area contributed by atoms with Crippen molar-refractivity contribution in [3.05, 3.63) is 40.2 Å². The van der Waals surface area contributed by atoms with Crippen molar-refractivity contribution in [1.29, 1.82) is 0 Å². The van der Waals surface area contributed by atoms with Crippen LogP contribution in [0.4, 0.5) is 5.69 Å². The highest BCUT2D eigenvalue weighted by Crippen LogP contribution is 2.24. The van der Waals surface area contributed by atoms with Gasteiger partial charge in [0.05, 0.1) is 0 Å². The first-order valence-electron chi connectivity index (χ1n) is 9.30. The van der Waals surface area contributed by atoms with Crippen molar-refractivity contribution in [2.75, 3.05) is 25.0 Å². The van der Waals surface area contributed by atoms with Crippen LogP contribution in [0.15, 0.2) is 33.5 Å². The highest BCUT2D eigenvalue weighted by atomic mass is 16.4. The van der Waals surface area contributed by atoms with Crippen LogP contribution in [-0.4, -0.2) is 36.3 Å². The maximum absolute atomic E-state index is 12.0. The molecular formula is C20H25N3O4. The van der Waals surface area contributed by atoms with Crippen LogP contribution < -0.4 is 16.3 Å². The molecule has 2 N–H and O–H groups in total. The smallest absolute Gasteiger partial charge is 0.336 e. The molecular weight excluding hydrogens is 346 g/mol. The zero-order valence-corrected chi connectivity index (χ0v) is 15.7. The van der Waals surface area contributed by atoms with E-state index in [1.54, 1.807) is 12.1 Å². The van der Waals surface area contributed by atoms with Gasteiger partial charge < -0.3 is 15.1 Å². The number of nitrogens with zero attached hydrogens (tertiary/aromatic N) is 1. The third-order valence-corrected chi connectivity index (χ3v) is 4.85. The summed E-state index contributed by atoms with van der Waals surface area (Å²) >= 11 is 0. The number of anilines is 1. The molecule has 0 radical (unpaired) electrons. The maximum Gasteiger partial charge on any atom is 0.336 e. The normalized spacial score (nSPS) is 15.6. The van der Waals surface area contributed by atoms with E-state index in [-0.39, 0.29) is 17.7 Å². The molecule has 0 unspecified atom stereocenters. The number of hydrogen-bond acceptors (Lipinski definition) is 5. The zero-order chi connectivity index (χ0) is 19.4. The summed E-state index contributed by atoms with van der Waals surface area (Å²) in [4.78, 5) is 37.4. The molecule has 0 bridgehead atoms. The molecule has 2 aromatic rings. The van der Waals surface area contributed by atoms with Crippen LogP contribution in [-0.2, 0) is 16.1 Å². The average Bonchev–Trinajstić information content (AvgIpc) is 2.61. The maximum atomic E-state index is 12.0. The van der Waals surface area contributed by atoms with Gasteiger partial charge in [-0.1, -0.05) is 0 Å². The van der Waals surface area contributed by atoms with E-state index in [1.165, 1.54) is 13.0 Å². The summed E-state index contributed by atoms with van der Waals surface area (Å²) in [7, 11) is 0. The SMILES string of the molecule is CCNC(=O)C1CCN(Cc2cc(=O)oc3cc(NC(C)=O)ccc23)CC1. The number of hydrogen-bond donors (Lipinski definition) is 2. The molecule has 7 nitrogen and oxygen atoms in total. The van der Waals surface area contributed by atoms with Gasteiger partial charge in [0.15, 0.2) is 0 Å². The molecule has 0 saturated carbocycles. The van der Waals surface area contributed by atoms with Gasteiger partial charge in [-0.3, -0.25) is 14.5 Å². The van der Waals surface area contributed by atoms with Crippen LogP contribution in [0.1, 0.15) is 32.3 Å². The van der Waals surface area contributed by atoms with Crippen molar-refractivity contribution in [3.8, 4) is 0 Å². The van der Waals surface area contributed by atoms with Gasteiger partial charge in [0.25, 0.3) is 0 Å². The molecule has 1 aromatic heterocycles. The molecule has 27 heavy (non-hydrogen) atoms. The van der Waals surface area contributed by atoms with E-state index in [2.05, 4.69) is 15.5 Å². The number of carbonyl (C=O) groups excluding carboxylic acids is 2. The van der Waals surface area contributed by atoms with Gasteiger partial charge >= 0.3 is 5.63 Å². The Balaban J connectivity index is 1.74. The number of rotatable bonds is 5. The average molecular weight is 371 g/mol. The van der Waals surface area contributed by atoms with E-state index >= 15 is 0 Å². The van der Waals surface area contributed by atoms with Crippen LogP contribution in [0.3, 0.4) is 0 Å². The highest BCUT2D eigenvalue weighted by Gasteiger charge is 2.25. The second-order valence-electron chi connectivity index (χ2n) is 6.93. The molecule has 0 aliphatic carbocycles. The third kappa shape index (κ3) is 4.74. The van der Waals surface area contributed by atoms with Gasteiger partial charge in [0.1, 0.15) is 5.58 Å². The van der Waals surface area contributed by atoms with Gasteiger partial charge in [-0.15, -0.1) is 0 Å². The molecule has 3 rings (SSSR count). The number of benzene rings is 1. The molecule has 0 spiro atoms. The Morgan fingerprint density at radius 2 is 1.96 bits per heavy atom. The Morgan fingerprint density at radius 1 is 1.22 bits per heavy atom. The Kier molecular flexibility index (Phi) is 5.91. The van der Waals surface area contributed by atoms with Crippen molar-refractivity contribution in [3.63, 3.8) is 0 Å². The van der Waals surface area contributed by atoms with Gasteiger partial charge in [0.2, 0.25) is 11.8 Å². The second kappa shape index (κ2) is 8.35. The van der Waals surface area contributed by atoms with E-state index in [4.69, 9.17) is 4.42 Å². The Bertz CT molecular complexity index is 898. The molecule has 7 heteroatoms. The quantitative estimate of drug-likeness (QED) is 0.786. The number of carbonyl (C=O) groups is 2. The molecule has 2 heterocycles. The zero-order valence-electron chi connectivity index (χ0n) is 15.7. The lowest BCUT2D eigenvalue weighted by Crippen LogP contribution is -2.40. The van der Waals surface area contributed by atoms with Gasteiger partial charge in [-0.2, -0.15) is 0 Å². The fourth-order valence-corrected chi connectivity index (χ4v) is 3.55. The molecule has 2 amide bonds. The fourth-order valence-electron chi connectivity index (χ4n) is 3.55. The number of piperidine rings is 1. The number of likely N-dealkylation sites (tertiary alicyclic amines) is 1. The first kappa shape index (κ1) is 19.1. The topological polar surface area (TPSA) is 91.7 Å². The van der Waals surface area contributed by atoms with E-state index < -0.39 is 5.63 Å². The monoisotopic (exact) mass is 371 g/mol. The lowest BCUT2D eigenvalue weighted by atomic mass is 9.95. The minimum atomic E-state index is -0.408. The Labute approximate surface area is 157 Å². The molecule has 1 aromatic carbocycles. The molecule has 0 atom stereocenters. The van der Waals surface area contributed by atoms with E-state index in [1.807, 2.05) is 13.0 Å². The molecule has 1 saturated heterocycles. The number of fused-ring (bicyclic) bond motifs is 1. The van der Waals surface area contributed by atoms with Crippen LogP contribution in [0, 0.1) is 5.92 Å². The van der Waals surface area contributed by atoms with Crippen molar-refractivity contribution < 1.29 is 14.0 Å². The largest absolute Gasteiger partial charge is 0.423 e. The summed E-state index contributed by atoms with van der Waals surface area (Å²) in [6, 6.07) is 6.86. The third-order valence-electron chi connectivity index (χ3n) is 4.85. The minimum absolute atomic E-state index is 0.0685. The summed E-state index contributed by atoms with van der Waals surface area (Å²) in [5.74, 6) is 0.0234. The van der Waals surface area contributed by atoms with Gasteiger partial charge in [0, 0.05) is 49.1 Å². The standard InChI is InChI=1S/C20H25N3O4/c1-3-21-20(26)14-6-8-23(9-7-14)12-15-10-19(25)27-18-11-16(22-13(2)24)4-5-17(15)18/h4-5,10-11,14H,3,6-9,12H2,1-2H3,(H,21,26)(H,22,24). The predicted molar refractivity (Wildman–Crippen MR) is 103 cm³/mol. The van der Waals surface area contributed by atoms with Gasteiger partial charge in [-0.05, 0) is 50.6 Å².